The minimum Gasteiger partial charge on any atom is -0.351 e. The molecular weight excluding hydrogens is 279 g/mol. The molecule has 1 N–H and O–H groups in total. The normalized spacial score (nSPS) is 14.1. The molecular formula is C18H15FN2O. The maximum absolute atomic E-state index is 13.3. The van der Waals surface area contributed by atoms with Crippen LogP contribution in [0.15, 0.2) is 48.5 Å². The smallest absolute Gasteiger partial charge is 0.274 e. The molecule has 0 bridgehead atoms. The fourth-order valence-corrected chi connectivity index (χ4v) is 3.11. The Balaban J connectivity index is 1.75. The molecule has 0 saturated carbocycles. The molecule has 0 spiro atoms. The standard InChI is InChI=1S/C18H15FN2O/c19-14-7-8-15-13(10-14)11-16(20-15)18(22)21-9-3-5-12-4-1-2-6-17(12)21/h1-2,4,6-8,10-11,20H,3,5,9H2. The predicted octanol–water partition coefficient (Wildman–Crippen LogP) is 3.90. The Hall–Kier alpha value is -2.62. The van der Waals surface area contributed by atoms with Crippen molar-refractivity contribution >= 4 is 22.5 Å². The van der Waals surface area contributed by atoms with E-state index in [4.69, 9.17) is 0 Å². The van der Waals surface area contributed by atoms with Gasteiger partial charge in [-0.2, -0.15) is 0 Å². The Morgan fingerprint density at radius 1 is 1.14 bits per heavy atom. The summed E-state index contributed by atoms with van der Waals surface area (Å²) in [5.41, 5.74) is 3.44. The van der Waals surface area contributed by atoms with E-state index in [9.17, 15) is 9.18 Å². The average molecular weight is 294 g/mol. The quantitative estimate of drug-likeness (QED) is 0.726. The summed E-state index contributed by atoms with van der Waals surface area (Å²) in [4.78, 5) is 17.7. The summed E-state index contributed by atoms with van der Waals surface area (Å²) >= 11 is 0. The lowest BCUT2D eigenvalue weighted by atomic mass is 10.0. The Bertz CT molecular complexity index is 868. The van der Waals surface area contributed by atoms with Gasteiger partial charge in [-0.15, -0.1) is 0 Å². The van der Waals surface area contributed by atoms with Crippen molar-refractivity contribution in [2.75, 3.05) is 11.4 Å². The van der Waals surface area contributed by atoms with E-state index < -0.39 is 0 Å². The zero-order chi connectivity index (χ0) is 15.1. The monoisotopic (exact) mass is 294 g/mol. The van der Waals surface area contributed by atoms with E-state index in [0.29, 0.717) is 17.6 Å². The second-order valence-electron chi connectivity index (χ2n) is 5.60. The van der Waals surface area contributed by atoms with Crippen LogP contribution in [0.2, 0.25) is 0 Å². The van der Waals surface area contributed by atoms with Gasteiger partial charge in [0.1, 0.15) is 11.5 Å². The van der Waals surface area contributed by atoms with Crippen LogP contribution in [0.5, 0.6) is 0 Å². The van der Waals surface area contributed by atoms with Gasteiger partial charge in [0.05, 0.1) is 0 Å². The van der Waals surface area contributed by atoms with Gasteiger partial charge >= 0.3 is 0 Å². The maximum Gasteiger partial charge on any atom is 0.274 e. The number of H-pyrrole nitrogens is 1. The van der Waals surface area contributed by atoms with Crippen LogP contribution < -0.4 is 4.90 Å². The van der Waals surface area contributed by atoms with Crippen LogP contribution in [0.1, 0.15) is 22.5 Å². The second-order valence-corrected chi connectivity index (χ2v) is 5.60. The number of para-hydroxylation sites is 1. The fourth-order valence-electron chi connectivity index (χ4n) is 3.11. The highest BCUT2D eigenvalue weighted by molar-refractivity contribution is 6.08. The molecule has 1 aliphatic rings. The molecule has 0 aliphatic carbocycles. The highest BCUT2D eigenvalue weighted by Crippen LogP contribution is 2.28. The number of aromatic amines is 1. The summed E-state index contributed by atoms with van der Waals surface area (Å²) in [6, 6.07) is 14.2. The molecule has 3 aromatic rings. The minimum absolute atomic E-state index is 0.0660. The first-order valence-electron chi connectivity index (χ1n) is 7.40. The molecule has 4 heteroatoms. The first kappa shape index (κ1) is 13.1. The van der Waals surface area contributed by atoms with Crippen LogP contribution >= 0.6 is 0 Å². The zero-order valence-electron chi connectivity index (χ0n) is 12.0. The number of aryl methyl sites for hydroxylation is 1. The first-order chi connectivity index (χ1) is 10.7. The Morgan fingerprint density at radius 2 is 2.00 bits per heavy atom. The van der Waals surface area contributed by atoms with Gasteiger partial charge in [-0.25, -0.2) is 4.39 Å². The lowest BCUT2D eigenvalue weighted by Gasteiger charge is -2.29. The van der Waals surface area contributed by atoms with Crippen LogP contribution in [0.4, 0.5) is 10.1 Å². The topological polar surface area (TPSA) is 36.1 Å². The van der Waals surface area contributed by atoms with Crippen molar-refractivity contribution in [1.82, 2.24) is 4.98 Å². The van der Waals surface area contributed by atoms with E-state index >= 15 is 0 Å². The molecule has 1 amide bonds. The fraction of sp³-hybridized carbons (Fsp3) is 0.167. The van der Waals surface area contributed by atoms with Crippen LogP contribution in [0, 0.1) is 5.82 Å². The van der Waals surface area contributed by atoms with Crippen LogP contribution in [0.25, 0.3) is 10.9 Å². The molecule has 1 aliphatic heterocycles. The SMILES string of the molecule is O=C(c1cc2cc(F)ccc2[nH]1)N1CCCc2ccccc21. The van der Waals surface area contributed by atoms with E-state index in [0.717, 1.165) is 24.0 Å². The highest BCUT2D eigenvalue weighted by Gasteiger charge is 2.24. The number of aromatic nitrogens is 1. The molecule has 22 heavy (non-hydrogen) atoms. The number of carbonyl (C=O) groups excluding carboxylic acids is 1. The molecule has 2 aromatic carbocycles. The summed E-state index contributed by atoms with van der Waals surface area (Å²) in [5, 5.41) is 0.716. The number of halogens is 1. The number of carbonyl (C=O) groups is 1. The van der Waals surface area contributed by atoms with Crippen molar-refractivity contribution in [2.45, 2.75) is 12.8 Å². The number of anilines is 1. The van der Waals surface area contributed by atoms with Gasteiger partial charge in [-0.05, 0) is 48.7 Å². The summed E-state index contributed by atoms with van der Waals surface area (Å²) in [7, 11) is 0. The van der Waals surface area contributed by atoms with Crippen molar-refractivity contribution in [1.29, 1.82) is 0 Å². The molecule has 110 valence electrons. The number of benzene rings is 2. The van der Waals surface area contributed by atoms with Gasteiger partial charge in [0.25, 0.3) is 5.91 Å². The molecule has 0 unspecified atom stereocenters. The third-order valence-electron chi connectivity index (χ3n) is 4.17. The molecule has 2 heterocycles. The van der Waals surface area contributed by atoms with Crippen molar-refractivity contribution in [2.24, 2.45) is 0 Å². The van der Waals surface area contributed by atoms with E-state index in [2.05, 4.69) is 11.1 Å². The first-order valence-corrected chi connectivity index (χ1v) is 7.40. The molecule has 0 fully saturated rings. The van der Waals surface area contributed by atoms with Gasteiger partial charge < -0.3 is 9.88 Å². The summed E-state index contributed by atoms with van der Waals surface area (Å²) < 4.78 is 13.3. The molecule has 0 saturated heterocycles. The third-order valence-corrected chi connectivity index (χ3v) is 4.17. The number of nitrogens with one attached hydrogen (secondary N) is 1. The lowest BCUT2D eigenvalue weighted by Crippen LogP contribution is -2.35. The summed E-state index contributed by atoms with van der Waals surface area (Å²) in [6.45, 7) is 0.708. The van der Waals surface area contributed by atoms with Gasteiger partial charge in [0.2, 0.25) is 0 Å². The Morgan fingerprint density at radius 3 is 2.91 bits per heavy atom. The third kappa shape index (κ3) is 2.08. The lowest BCUT2D eigenvalue weighted by molar-refractivity contribution is 0.0981. The number of nitrogens with zero attached hydrogens (tertiary/aromatic N) is 1. The molecule has 0 atom stereocenters. The molecule has 1 aromatic heterocycles. The maximum atomic E-state index is 13.3. The van der Waals surface area contributed by atoms with Crippen molar-refractivity contribution in [3.05, 3.63) is 65.6 Å². The van der Waals surface area contributed by atoms with Gasteiger partial charge in [0, 0.05) is 23.1 Å². The van der Waals surface area contributed by atoms with Crippen molar-refractivity contribution < 1.29 is 9.18 Å². The van der Waals surface area contributed by atoms with Crippen molar-refractivity contribution in [3.8, 4) is 0 Å². The molecule has 4 rings (SSSR count). The van der Waals surface area contributed by atoms with Gasteiger partial charge in [-0.1, -0.05) is 18.2 Å². The minimum atomic E-state index is -0.297. The number of rotatable bonds is 1. The second kappa shape index (κ2) is 4.98. The summed E-state index contributed by atoms with van der Waals surface area (Å²) in [6.07, 6.45) is 1.95. The average Bonchev–Trinajstić information content (AvgIpc) is 2.96. The largest absolute Gasteiger partial charge is 0.351 e. The predicted molar refractivity (Wildman–Crippen MR) is 84.7 cm³/mol. The summed E-state index contributed by atoms with van der Waals surface area (Å²) in [5.74, 6) is -0.363. The molecule has 0 radical (unpaired) electrons. The van der Waals surface area contributed by atoms with E-state index in [1.165, 1.54) is 17.7 Å². The Kier molecular flexibility index (Phi) is 2.96. The van der Waals surface area contributed by atoms with E-state index in [1.54, 1.807) is 17.0 Å². The van der Waals surface area contributed by atoms with Crippen molar-refractivity contribution in [3.63, 3.8) is 0 Å². The number of hydrogen-bond donors (Lipinski definition) is 1. The highest BCUT2D eigenvalue weighted by atomic mass is 19.1. The van der Waals surface area contributed by atoms with Gasteiger partial charge in [0.15, 0.2) is 0 Å². The molecule has 3 nitrogen and oxygen atoms in total. The number of fused-ring (bicyclic) bond motifs is 2. The number of amides is 1. The van der Waals surface area contributed by atoms with Crippen LogP contribution in [-0.4, -0.2) is 17.4 Å². The van der Waals surface area contributed by atoms with E-state index in [1.807, 2.05) is 18.2 Å². The van der Waals surface area contributed by atoms with E-state index in [-0.39, 0.29) is 11.7 Å². The number of hydrogen-bond acceptors (Lipinski definition) is 1. The van der Waals surface area contributed by atoms with Crippen LogP contribution in [-0.2, 0) is 6.42 Å². The Labute approximate surface area is 127 Å². The zero-order valence-corrected chi connectivity index (χ0v) is 12.0. The van der Waals surface area contributed by atoms with Crippen LogP contribution in [0.3, 0.4) is 0 Å². The van der Waals surface area contributed by atoms with Gasteiger partial charge in [-0.3, -0.25) is 4.79 Å².